The molecule has 4 heteroatoms. The molecular formula is C73H46N2SSi. The third kappa shape index (κ3) is 5.68. The lowest BCUT2D eigenvalue weighted by Gasteiger charge is -2.36. The Kier molecular flexibility index (Phi) is 8.98. The van der Waals surface area contributed by atoms with Crippen molar-refractivity contribution in [3.05, 3.63) is 301 Å². The topological polar surface area (TPSA) is 8.17 Å². The van der Waals surface area contributed by atoms with Gasteiger partial charge in [0.1, 0.15) is 0 Å². The Bertz CT molecular complexity index is 4690. The average molecular weight is 1010 g/mol. The van der Waals surface area contributed by atoms with Crippen LogP contribution in [0.1, 0.15) is 22.3 Å². The van der Waals surface area contributed by atoms with Gasteiger partial charge in [-0.2, -0.15) is 0 Å². The fourth-order valence-electron chi connectivity index (χ4n) is 14.5. The molecule has 0 fully saturated rings. The lowest BCUT2D eigenvalue weighted by Crippen LogP contribution is -2.71. The summed E-state index contributed by atoms with van der Waals surface area (Å²) >= 11 is 1.88. The first-order valence-corrected chi connectivity index (χ1v) is 29.6. The number of aromatic nitrogens is 1. The number of rotatable bonds is 6. The van der Waals surface area contributed by atoms with Gasteiger partial charge in [-0.1, -0.05) is 212 Å². The van der Waals surface area contributed by atoms with Crippen LogP contribution in [0.15, 0.2) is 279 Å². The summed E-state index contributed by atoms with van der Waals surface area (Å²) in [5.41, 5.74) is 19.5. The molecule has 0 radical (unpaired) electrons. The van der Waals surface area contributed by atoms with Gasteiger partial charge in [0.05, 0.1) is 16.4 Å². The summed E-state index contributed by atoms with van der Waals surface area (Å²) in [6.07, 6.45) is 0. The minimum Gasteiger partial charge on any atom is -0.311 e. The highest BCUT2D eigenvalue weighted by Crippen LogP contribution is 2.57. The molecule has 2 nitrogen and oxygen atoms in total. The summed E-state index contributed by atoms with van der Waals surface area (Å²) in [7, 11) is -3.13. The van der Waals surface area contributed by atoms with Crippen LogP contribution in [-0.4, -0.2) is 12.6 Å². The van der Waals surface area contributed by atoms with Crippen LogP contribution in [0.2, 0.25) is 0 Å². The molecule has 4 heterocycles. The Balaban J connectivity index is 1.00. The van der Waals surface area contributed by atoms with Gasteiger partial charge in [0.2, 0.25) is 0 Å². The van der Waals surface area contributed by atoms with E-state index >= 15 is 0 Å². The molecule has 1 spiro atoms. The van der Waals surface area contributed by atoms with Crippen LogP contribution in [0.4, 0.5) is 17.1 Å². The summed E-state index contributed by atoms with van der Waals surface area (Å²) in [5, 5.41) is 10.9. The first-order valence-electron chi connectivity index (χ1n) is 26.7. The molecule has 3 aliphatic rings. The zero-order chi connectivity index (χ0) is 50.4. The van der Waals surface area contributed by atoms with Crippen molar-refractivity contribution in [1.29, 1.82) is 0 Å². The Labute approximate surface area is 451 Å². The fourth-order valence-corrected chi connectivity index (χ4v) is 21.4. The molecule has 12 aromatic carbocycles. The van der Waals surface area contributed by atoms with Crippen LogP contribution in [-0.2, 0) is 5.41 Å². The molecule has 0 bridgehead atoms. The SMILES string of the molecule is c1ccc(-n2c3ccccc3c3cc4c(cc32)-c2cccc(N(c3cccc(C5(c6ccccc6)c6ccccc6-c6ccccc65)c3)c3ccc5sc6ccccc6c5c3)c2[Si]42c3ccccc3-c3ccccc32)cc1. The van der Waals surface area contributed by atoms with Crippen LogP contribution in [0, 0.1) is 0 Å². The molecule has 358 valence electrons. The predicted molar refractivity (Wildman–Crippen MR) is 327 cm³/mol. The second-order valence-corrected chi connectivity index (χ2v) is 25.7. The molecule has 2 aliphatic heterocycles. The molecule has 0 amide bonds. The van der Waals surface area contributed by atoms with Crippen molar-refractivity contribution in [3.63, 3.8) is 0 Å². The van der Waals surface area contributed by atoms with E-state index < -0.39 is 13.5 Å². The molecule has 0 atom stereocenters. The number of nitrogens with zero attached hydrogens (tertiary/aromatic N) is 2. The molecular weight excluding hydrogens is 965 g/mol. The third-order valence-electron chi connectivity index (χ3n) is 17.4. The Morgan fingerprint density at radius 3 is 1.66 bits per heavy atom. The van der Waals surface area contributed by atoms with Crippen LogP contribution in [0.25, 0.3) is 81.0 Å². The van der Waals surface area contributed by atoms with E-state index in [-0.39, 0.29) is 0 Å². The molecule has 1 aliphatic carbocycles. The monoisotopic (exact) mass is 1010 g/mol. The second kappa shape index (κ2) is 16.1. The van der Waals surface area contributed by atoms with Crippen LogP contribution in [0.3, 0.4) is 0 Å². The van der Waals surface area contributed by atoms with Gasteiger partial charge in [0, 0.05) is 53.7 Å². The second-order valence-electron chi connectivity index (χ2n) is 21.0. The number of thiophene rings is 1. The van der Waals surface area contributed by atoms with Crippen molar-refractivity contribution in [1.82, 2.24) is 4.57 Å². The van der Waals surface area contributed by atoms with Crippen molar-refractivity contribution in [2.24, 2.45) is 0 Å². The maximum atomic E-state index is 2.64. The maximum absolute atomic E-state index is 3.13. The highest BCUT2D eigenvalue weighted by molar-refractivity contribution is 7.26. The first kappa shape index (κ1) is 43.0. The normalized spacial score (nSPS) is 13.9. The van der Waals surface area contributed by atoms with Crippen LogP contribution >= 0.6 is 11.3 Å². The van der Waals surface area contributed by atoms with Crippen LogP contribution in [0.5, 0.6) is 0 Å². The van der Waals surface area contributed by atoms with Gasteiger partial charge < -0.3 is 9.47 Å². The smallest absolute Gasteiger partial charge is 0.184 e. The summed E-state index contributed by atoms with van der Waals surface area (Å²) in [5.74, 6) is 0. The van der Waals surface area contributed by atoms with Gasteiger partial charge >= 0.3 is 0 Å². The molecule has 14 aromatic rings. The van der Waals surface area contributed by atoms with Crippen molar-refractivity contribution in [3.8, 4) is 39.1 Å². The number of hydrogen-bond acceptors (Lipinski definition) is 2. The highest BCUT2D eigenvalue weighted by atomic mass is 32.1. The van der Waals surface area contributed by atoms with Gasteiger partial charge in [0.25, 0.3) is 0 Å². The van der Waals surface area contributed by atoms with Crippen molar-refractivity contribution in [2.45, 2.75) is 5.41 Å². The first-order chi connectivity index (χ1) is 38.2. The fraction of sp³-hybridized carbons (Fsp3) is 0.0137. The quantitative estimate of drug-likeness (QED) is 0.151. The standard InChI is InChI=1S/C73H46N2SSi/c1-3-21-47(22-4-1)73(62-34-13-7-27-52(62)53-28-8-14-35-63(53)73)48-23-19-26-50(43-48)74(51-41-42-68-60(44-51)55-30-10-16-38-67(55)76-68)65-37-20-33-58-61-45-66-59(54-29-9-15-36-64(54)75(66)49-24-5-2-6-25-49)46-71(61)77(72(58)65)69-39-17-11-31-56(69)57-32-12-18-40-70(57)77/h1-46H. The Morgan fingerprint density at radius 1 is 0.338 bits per heavy atom. The Morgan fingerprint density at radius 2 is 0.909 bits per heavy atom. The molecule has 17 rings (SSSR count). The minimum absolute atomic E-state index is 0.570. The third-order valence-corrected chi connectivity index (χ3v) is 23.6. The molecule has 2 aromatic heterocycles. The predicted octanol–water partition coefficient (Wildman–Crippen LogP) is 16.3. The number of benzene rings is 12. The summed E-state index contributed by atoms with van der Waals surface area (Å²) < 4.78 is 5.08. The average Bonchev–Trinajstić information content (AvgIpc) is 3.97. The van der Waals surface area contributed by atoms with Crippen molar-refractivity contribution >= 4 is 99.2 Å². The van der Waals surface area contributed by atoms with E-state index in [1.54, 1.807) is 0 Å². The minimum atomic E-state index is -3.13. The molecule has 77 heavy (non-hydrogen) atoms. The zero-order valence-electron chi connectivity index (χ0n) is 41.9. The van der Waals surface area contributed by atoms with E-state index in [1.807, 2.05) is 11.3 Å². The Hall–Kier alpha value is -9.32. The molecule has 0 N–H and O–H groups in total. The van der Waals surface area contributed by atoms with E-state index in [9.17, 15) is 0 Å². The zero-order valence-corrected chi connectivity index (χ0v) is 43.7. The lowest BCUT2D eigenvalue weighted by molar-refractivity contribution is 0.768. The van der Waals surface area contributed by atoms with Crippen molar-refractivity contribution in [2.75, 3.05) is 4.90 Å². The molecule has 0 saturated heterocycles. The van der Waals surface area contributed by atoms with E-state index in [1.165, 1.54) is 124 Å². The molecule has 0 saturated carbocycles. The summed E-state index contributed by atoms with van der Waals surface area (Å²) in [6, 6.07) is 106. The lowest BCUT2D eigenvalue weighted by atomic mass is 9.67. The largest absolute Gasteiger partial charge is 0.311 e. The van der Waals surface area contributed by atoms with Gasteiger partial charge in [-0.3, -0.25) is 0 Å². The van der Waals surface area contributed by atoms with E-state index in [4.69, 9.17) is 0 Å². The van der Waals surface area contributed by atoms with Crippen LogP contribution < -0.4 is 25.6 Å². The highest BCUT2D eigenvalue weighted by Gasteiger charge is 2.56. The van der Waals surface area contributed by atoms with E-state index in [0.29, 0.717) is 0 Å². The van der Waals surface area contributed by atoms with E-state index in [0.717, 1.165) is 17.1 Å². The number of hydrogen-bond donors (Lipinski definition) is 0. The summed E-state index contributed by atoms with van der Waals surface area (Å²) in [6.45, 7) is 0. The number of para-hydroxylation sites is 2. The van der Waals surface area contributed by atoms with Crippen molar-refractivity contribution < 1.29 is 0 Å². The van der Waals surface area contributed by atoms with Gasteiger partial charge in [-0.15, -0.1) is 11.3 Å². The summed E-state index contributed by atoms with van der Waals surface area (Å²) in [4.78, 5) is 2.64. The van der Waals surface area contributed by atoms with Gasteiger partial charge in [-0.25, -0.2) is 0 Å². The maximum Gasteiger partial charge on any atom is 0.184 e. The van der Waals surface area contributed by atoms with Gasteiger partial charge in [0.15, 0.2) is 8.07 Å². The van der Waals surface area contributed by atoms with Gasteiger partial charge in [-0.05, 0) is 143 Å². The molecule has 0 unspecified atom stereocenters. The number of fused-ring (bicyclic) bond motifs is 19. The number of anilines is 3. The van der Waals surface area contributed by atoms with E-state index in [2.05, 4.69) is 289 Å².